The van der Waals surface area contributed by atoms with Gasteiger partial charge in [-0.2, -0.15) is 0 Å². The fraction of sp³-hybridized carbons (Fsp3) is 1.00. The molecular formula is C4H7N11O10. The monoisotopic (exact) mass is 369 g/mol. The van der Waals surface area contributed by atoms with E-state index in [1.807, 2.05) is 0 Å². The van der Waals surface area contributed by atoms with Gasteiger partial charge in [0.15, 0.2) is 20.1 Å². The van der Waals surface area contributed by atoms with Crippen molar-refractivity contribution in [1.82, 2.24) is 30.6 Å². The summed E-state index contributed by atoms with van der Waals surface area (Å²) in [6, 6.07) is 0. The van der Waals surface area contributed by atoms with E-state index >= 15 is 0 Å². The molecule has 2 aliphatic heterocycles. The Morgan fingerprint density at radius 3 is 1.56 bits per heavy atom. The summed E-state index contributed by atoms with van der Waals surface area (Å²) in [5.41, 5.74) is 0. The zero-order chi connectivity index (χ0) is 19.0. The van der Waals surface area contributed by atoms with Crippen LogP contribution >= 0.6 is 0 Å². The normalized spacial score (nSPS) is 21.0. The van der Waals surface area contributed by atoms with E-state index in [-0.39, 0.29) is 20.3 Å². The first-order chi connectivity index (χ1) is 11.6. The van der Waals surface area contributed by atoms with Crippen molar-refractivity contribution in [2.75, 3.05) is 19.8 Å². The first-order valence-corrected chi connectivity index (χ1v) is 5.97. The summed E-state index contributed by atoms with van der Waals surface area (Å²) < 4.78 is 0. The van der Waals surface area contributed by atoms with Gasteiger partial charge in [-0.3, -0.25) is 0 Å². The summed E-state index contributed by atoms with van der Waals surface area (Å²) in [4.78, 5) is 55.4. The SMILES string of the molecule is O=[N+]([O-])N1CCN([N+](=O)[O-])N2C1N([N+](=O)[O-])CN([N+](=O)[O-])N2[N+](=O)[O-]. The van der Waals surface area contributed by atoms with Gasteiger partial charge in [-0.25, -0.2) is 50.6 Å². The third-order valence-corrected chi connectivity index (χ3v) is 3.11. The first-order valence-electron chi connectivity index (χ1n) is 5.97. The van der Waals surface area contributed by atoms with Gasteiger partial charge in [0, 0.05) is 0 Å². The van der Waals surface area contributed by atoms with E-state index in [1.165, 1.54) is 0 Å². The van der Waals surface area contributed by atoms with Crippen LogP contribution < -0.4 is 0 Å². The molecule has 25 heavy (non-hydrogen) atoms. The molecule has 0 bridgehead atoms. The molecule has 2 heterocycles. The van der Waals surface area contributed by atoms with Crippen LogP contribution in [0.15, 0.2) is 0 Å². The number of nitro groups is 5. The van der Waals surface area contributed by atoms with Gasteiger partial charge in [-0.15, -0.1) is 0 Å². The lowest BCUT2D eigenvalue weighted by atomic mass is 10.5. The topological polar surface area (TPSA) is 235 Å². The third kappa shape index (κ3) is 2.69. The van der Waals surface area contributed by atoms with Crippen molar-refractivity contribution >= 4 is 0 Å². The molecule has 1 unspecified atom stereocenters. The highest BCUT2D eigenvalue weighted by Crippen LogP contribution is 2.27. The Morgan fingerprint density at radius 1 is 0.640 bits per heavy atom. The Morgan fingerprint density at radius 2 is 1.16 bits per heavy atom. The summed E-state index contributed by atoms with van der Waals surface area (Å²) in [6.07, 6.45) is -2.30. The van der Waals surface area contributed by atoms with Gasteiger partial charge in [-0.05, 0) is 5.12 Å². The molecule has 0 amide bonds. The van der Waals surface area contributed by atoms with E-state index in [4.69, 9.17) is 0 Å². The zero-order valence-electron chi connectivity index (χ0n) is 11.7. The molecule has 2 saturated heterocycles. The Bertz CT molecular complexity index is 638. The van der Waals surface area contributed by atoms with Crippen LogP contribution in [0.25, 0.3) is 0 Å². The second-order valence-corrected chi connectivity index (χ2v) is 4.34. The van der Waals surface area contributed by atoms with E-state index in [9.17, 15) is 50.6 Å². The molecule has 21 nitrogen and oxygen atoms in total. The highest BCUT2D eigenvalue weighted by atomic mass is 16.8. The smallest absolute Gasteiger partial charge is 0.235 e. The number of hydrogen-bond acceptors (Lipinski definition) is 11. The van der Waals surface area contributed by atoms with Gasteiger partial charge in [0.1, 0.15) is 18.3 Å². The van der Waals surface area contributed by atoms with Crippen LogP contribution in [0.5, 0.6) is 0 Å². The van der Waals surface area contributed by atoms with Gasteiger partial charge in [-0.1, -0.05) is 10.0 Å². The minimum absolute atomic E-state index is 0.0698. The van der Waals surface area contributed by atoms with Gasteiger partial charge >= 0.3 is 6.29 Å². The molecule has 0 spiro atoms. The summed E-state index contributed by atoms with van der Waals surface area (Å²) in [6.45, 7) is -2.92. The van der Waals surface area contributed by atoms with Crippen molar-refractivity contribution in [1.29, 1.82) is 0 Å². The van der Waals surface area contributed by atoms with Gasteiger partial charge in [0.25, 0.3) is 0 Å². The average Bonchev–Trinajstić information content (AvgIpc) is 2.50. The standard InChI is InChI=1S/C4H7N11O10/c16-11(17)5-1-2-7(13(20)21)9-4(5)6(12(18)19)3-8(14(22)23)10(9)15(24)25/h4H,1-3H2. The summed E-state index contributed by atoms with van der Waals surface area (Å²) >= 11 is 0. The highest BCUT2D eigenvalue weighted by Gasteiger charge is 2.66. The van der Waals surface area contributed by atoms with Crippen LogP contribution in [-0.2, 0) is 0 Å². The van der Waals surface area contributed by atoms with E-state index in [0.29, 0.717) is 0 Å². The molecule has 138 valence electrons. The minimum atomic E-state index is -2.30. The van der Waals surface area contributed by atoms with Crippen LogP contribution in [-0.4, -0.2) is 81.8 Å². The molecule has 0 aliphatic carbocycles. The lowest BCUT2D eigenvalue weighted by molar-refractivity contribution is -0.934. The average molecular weight is 369 g/mol. The Balaban J connectivity index is 2.63. The van der Waals surface area contributed by atoms with Crippen molar-refractivity contribution in [3.8, 4) is 0 Å². The number of hydrogen-bond donors (Lipinski definition) is 0. The second-order valence-electron chi connectivity index (χ2n) is 4.34. The molecule has 0 radical (unpaired) electrons. The molecule has 2 fully saturated rings. The maximum Gasteiger partial charge on any atom is 0.320 e. The Labute approximate surface area is 133 Å². The van der Waals surface area contributed by atoms with Crippen LogP contribution in [0.4, 0.5) is 0 Å². The van der Waals surface area contributed by atoms with E-state index < -0.39 is 61.6 Å². The van der Waals surface area contributed by atoms with E-state index in [1.54, 1.807) is 0 Å². The number of fused-ring (bicyclic) bond motifs is 1. The summed E-state index contributed by atoms with van der Waals surface area (Å²) in [5.74, 6) is 0. The molecule has 1 atom stereocenters. The summed E-state index contributed by atoms with van der Waals surface area (Å²) in [7, 11) is 0. The highest BCUT2D eigenvalue weighted by molar-refractivity contribution is 4.68. The quantitative estimate of drug-likeness (QED) is 0.342. The fourth-order valence-electron chi connectivity index (χ4n) is 2.21. The van der Waals surface area contributed by atoms with Crippen molar-refractivity contribution in [3.63, 3.8) is 0 Å². The van der Waals surface area contributed by atoms with Crippen molar-refractivity contribution < 1.29 is 25.2 Å². The minimum Gasteiger partial charge on any atom is -0.235 e. The molecule has 2 rings (SSSR count). The van der Waals surface area contributed by atoms with E-state index in [0.717, 1.165) is 0 Å². The van der Waals surface area contributed by atoms with E-state index in [2.05, 4.69) is 0 Å². The zero-order valence-corrected chi connectivity index (χ0v) is 11.7. The van der Waals surface area contributed by atoms with Crippen molar-refractivity contribution in [2.24, 2.45) is 0 Å². The maximum atomic E-state index is 11.2. The van der Waals surface area contributed by atoms with Gasteiger partial charge in [0.05, 0.1) is 10.2 Å². The maximum absolute atomic E-state index is 11.2. The lowest BCUT2D eigenvalue weighted by Gasteiger charge is -2.44. The predicted molar refractivity (Wildman–Crippen MR) is 64.4 cm³/mol. The molecule has 0 aromatic rings. The van der Waals surface area contributed by atoms with Gasteiger partial charge in [0.2, 0.25) is 11.7 Å². The van der Waals surface area contributed by atoms with Crippen LogP contribution in [0.3, 0.4) is 0 Å². The van der Waals surface area contributed by atoms with Crippen LogP contribution in [0, 0.1) is 50.6 Å². The number of hydrazine groups is 8. The largest absolute Gasteiger partial charge is 0.320 e. The second kappa shape index (κ2) is 5.87. The van der Waals surface area contributed by atoms with Gasteiger partial charge < -0.3 is 0 Å². The Hall–Kier alpha value is -4.04. The van der Waals surface area contributed by atoms with Crippen molar-refractivity contribution in [3.05, 3.63) is 50.6 Å². The molecule has 0 aromatic heterocycles. The molecule has 0 N–H and O–H groups in total. The molecule has 21 heteroatoms. The lowest BCUT2D eigenvalue weighted by Crippen LogP contribution is -2.82. The third-order valence-electron chi connectivity index (χ3n) is 3.11. The number of nitrogens with zero attached hydrogens (tertiary/aromatic N) is 11. The summed E-state index contributed by atoms with van der Waals surface area (Å²) in [5, 5.41) is 47.6. The predicted octanol–water partition coefficient (Wildman–Crippen LogP) is -3.23. The van der Waals surface area contributed by atoms with Crippen LogP contribution in [0.1, 0.15) is 0 Å². The molecular weight excluding hydrogens is 362 g/mol. The molecule has 0 aromatic carbocycles. The number of rotatable bonds is 5. The van der Waals surface area contributed by atoms with Crippen LogP contribution in [0.2, 0.25) is 0 Å². The fourth-order valence-corrected chi connectivity index (χ4v) is 2.21. The molecule has 0 saturated carbocycles. The Kier molecular flexibility index (Phi) is 4.07. The molecule has 2 aliphatic rings. The van der Waals surface area contributed by atoms with Crippen molar-refractivity contribution in [2.45, 2.75) is 6.29 Å². The first kappa shape index (κ1) is 17.3.